The van der Waals surface area contributed by atoms with Crippen molar-refractivity contribution in [1.82, 2.24) is 5.43 Å². The lowest BCUT2D eigenvalue weighted by molar-refractivity contribution is -0.384. The van der Waals surface area contributed by atoms with Crippen LogP contribution in [0, 0.1) is 10.1 Å². The van der Waals surface area contributed by atoms with Gasteiger partial charge in [-0.05, 0) is 30.3 Å². The zero-order valence-electron chi connectivity index (χ0n) is 16.4. The summed E-state index contributed by atoms with van der Waals surface area (Å²) in [4.78, 5) is 24.7. The molecule has 1 saturated heterocycles. The maximum atomic E-state index is 12.0. The summed E-state index contributed by atoms with van der Waals surface area (Å²) in [6.45, 7) is 2.26. The lowest BCUT2D eigenvalue weighted by Gasteiger charge is -2.29. The van der Waals surface area contributed by atoms with Gasteiger partial charge < -0.3 is 19.1 Å². The van der Waals surface area contributed by atoms with Crippen molar-refractivity contribution < 1.29 is 23.9 Å². The number of morpholine rings is 1. The van der Waals surface area contributed by atoms with Gasteiger partial charge in [0.25, 0.3) is 11.6 Å². The fraction of sp³-hybridized carbons (Fsp3) is 0.300. The molecule has 0 unspecified atom stereocenters. The molecule has 0 aliphatic carbocycles. The molecule has 1 N–H and O–H groups in total. The molecule has 0 bridgehead atoms. The van der Waals surface area contributed by atoms with Crippen LogP contribution in [0.5, 0.6) is 11.5 Å². The van der Waals surface area contributed by atoms with E-state index in [1.807, 2.05) is 0 Å². The second-order valence-electron chi connectivity index (χ2n) is 6.36. The summed E-state index contributed by atoms with van der Waals surface area (Å²) in [6.07, 6.45) is 1.39. The number of benzene rings is 2. The molecule has 2 aromatic rings. The Labute approximate surface area is 173 Å². The minimum Gasteiger partial charge on any atom is -0.497 e. The summed E-state index contributed by atoms with van der Waals surface area (Å²) in [5.74, 6) is 0.744. The van der Waals surface area contributed by atoms with Gasteiger partial charge in [0.2, 0.25) is 0 Å². The van der Waals surface area contributed by atoms with Crippen molar-refractivity contribution in [2.75, 3.05) is 44.9 Å². The van der Waals surface area contributed by atoms with Gasteiger partial charge >= 0.3 is 0 Å². The van der Waals surface area contributed by atoms with Crippen LogP contribution >= 0.6 is 0 Å². The first-order valence-electron chi connectivity index (χ1n) is 9.26. The van der Waals surface area contributed by atoms with Gasteiger partial charge in [0.1, 0.15) is 11.5 Å². The Kier molecular flexibility index (Phi) is 7.17. The van der Waals surface area contributed by atoms with Crippen molar-refractivity contribution >= 4 is 23.5 Å². The number of nitrogens with zero attached hydrogens (tertiary/aromatic N) is 3. The number of nitro groups is 1. The van der Waals surface area contributed by atoms with Crippen LogP contribution in [0.4, 0.5) is 11.4 Å². The zero-order chi connectivity index (χ0) is 21.3. The highest BCUT2D eigenvalue weighted by molar-refractivity contribution is 5.90. The number of hydrogen-bond acceptors (Lipinski definition) is 8. The Morgan fingerprint density at radius 1 is 1.23 bits per heavy atom. The minimum absolute atomic E-state index is 0.0531. The normalized spacial score (nSPS) is 13.8. The third-order valence-corrected chi connectivity index (χ3v) is 4.40. The molecule has 3 rings (SSSR count). The molecule has 2 aromatic carbocycles. The van der Waals surface area contributed by atoms with Gasteiger partial charge in [-0.3, -0.25) is 14.9 Å². The van der Waals surface area contributed by atoms with E-state index >= 15 is 0 Å². The number of rotatable bonds is 8. The van der Waals surface area contributed by atoms with Gasteiger partial charge in [-0.1, -0.05) is 0 Å². The zero-order valence-corrected chi connectivity index (χ0v) is 16.4. The molecular weight excluding hydrogens is 392 g/mol. The Morgan fingerprint density at radius 3 is 2.60 bits per heavy atom. The number of carbonyl (C=O) groups is 1. The van der Waals surface area contributed by atoms with Crippen molar-refractivity contribution in [3.63, 3.8) is 0 Å². The molecule has 0 aromatic heterocycles. The van der Waals surface area contributed by atoms with Crippen molar-refractivity contribution in [2.24, 2.45) is 5.10 Å². The van der Waals surface area contributed by atoms with E-state index in [2.05, 4.69) is 15.4 Å². The maximum absolute atomic E-state index is 12.0. The van der Waals surface area contributed by atoms with E-state index in [0.717, 1.165) is 5.69 Å². The average molecular weight is 414 g/mol. The van der Waals surface area contributed by atoms with E-state index in [1.54, 1.807) is 37.4 Å². The van der Waals surface area contributed by atoms with Crippen LogP contribution in [-0.4, -0.2) is 57.1 Å². The van der Waals surface area contributed by atoms with Crippen LogP contribution < -0.4 is 19.8 Å². The third-order valence-electron chi connectivity index (χ3n) is 4.40. The Bertz CT molecular complexity index is 910. The Hall–Kier alpha value is -3.66. The van der Waals surface area contributed by atoms with Crippen molar-refractivity contribution in [1.29, 1.82) is 0 Å². The lowest BCUT2D eigenvalue weighted by Crippen LogP contribution is -2.36. The molecule has 0 saturated carbocycles. The van der Waals surface area contributed by atoms with Crippen LogP contribution in [0.3, 0.4) is 0 Å². The molecule has 1 heterocycles. The fourth-order valence-electron chi connectivity index (χ4n) is 2.88. The molecule has 1 aliphatic heterocycles. The monoisotopic (exact) mass is 414 g/mol. The van der Waals surface area contributed by atoms with E-state index in [-0.39, 0.29) is 12.3 Å². The quantitative estimate of drug-likeness (QED) is 0.399. The smallest absolute Gasteiger partial charge is 0.277 e. The first-order valence-corrected chi connectivity index (χ1v) is 9.26. The summed E-state index contributed by atoms with van der Waals surface area (Å²) in [5.41, 5.74) is 3.64. The predicted octanol–water partition coefficient (Wildman–Crippen LogP) is 1.97. The standard InChI is InChI=1S/C20H22N4O6/c1-28-17-3-5-18(6-4-17)30-14-20(25)22-21-13-15-12-16(24(26)27)2-7-19(15)23-8-10-29-11-9-23/h2-7,12-13H,8-11,14H2,1H3,(H,22,25)/b21-13-. The number of carbonyl (C=O) groups excluding carboxylic acids is 1. The molecule has 0 atom stereocenters. The Morgan fingerprint density at radius 2 is 1.93 bits per heavy atom. The average Bonchev–Trinajstić information content (AvgIpc) is 2.78. The van der Waals surface area contributed by atoms with E-state index in [1.165, 1.54) is 18.3 Å². The molecule has 1 amide bonds. The number of amides is 1. The van der Waals surface area contributed by atoms with Crippen molar-refractivity contribution in [3.05, 3.63) is 58.1 Å². The number of anilines is 1. The van der Waals surface area contributed by atoms with E-state index in [9.17, 15) is 14.9 Å². The summed E-state index contributed by atoms with van der Waals surface area (Å²) < 4.78 is 15.8. The molecule has 0 radical (unpaired) electrons. The van der Waals surface area contributed by atoms with Crippen molar-refractivity contribution in [2.45, 2.75) is 0 Å². The van der Waals surface area contributed by atoms with Crippen LogP contribution in [0.2, 0.25) is 0 Å². The maximum Gasteiger partial charge on any atom is 0.277 e. The summed E-state index contributed by atoms with van der Waals surface area (Å²) >= 11 is 0. The number of nitrogens with one attached hydrogen (secondary N) is 1. The molecule has 0 spiro atoms. The van der Waals surface area contributed by atoms with Gasteiger partial charge in [-0.25, -0.2) is 5.43 Å². The molecule has 10 nitrogen and oxygen atoms in total. The lowest BCUT2D eigenvalue weighted by atomic mass is 10.1. The number of nitro benzene ring substituents is 1. The van der Waals surface area contributed by atoms with E-state index in [0.29, 0.717) is 43.4 Å². The van der Waals surface area contributed by atoms with Gasteiger partial charge in [0.15, 0.2) is 6.61 Å². The van der Waals surface area contributed by atoms with Gasteiger partial charge in [-0.15, -0.1) is 0 Å². The van der Waals surface area contributed by atoms with E-state index in [4.69, 9.17) is 14.2 Å². The minimum atomic E-state index is -0.471. The van der Waals surface area contributed by atoms with Crippen molar-refractivity contribution in [3.8, 4) is 11.5 Å². The number of hydrogen-bond donors (Lipinski definition) is 1. The number of ether oxygens (including phenoxy) is 3. The van der Waals surface area contributed by atoms with Gasteiger partial charge in [0.05, 0.1) is 31.5 Å². The number of methoxy groups -OCH3 is 1. The van der Waals surface area contributed by atoms with Crippen LogP contribution in [-0.2, 0) is 9.53 Å². The SMILES string of the molecule is COc1ccc(OCC(=O)N/N=C\c2cc([N+](=O)[O-])ccc2N2CCOCC2)cc1. The molecule has 1 fully saturated rings. The summed E-state index contributed by atoms with van der Waals surface area (Å²) in [6, 6.07) is 11.4. The third kappa shape index (κ3) is 5.67. The fourth-order valence-corrected chi connectivity index (χ4v) is 2.88. The Balaban J connectivity index is 1.62. The predicted molar refractivity (Wildman–Crippen MR) is 110 cm³/mol. The molecule has 158 valence electrons. The molecule has 30 heavy (non-hydrogen) atoms. The highest BCUT2D eigenvalue weighted by Crippen LogP contribution is 2.25. The van der Waals surface area contributed by atoms with Gasteiger partial charge in [-0.2, -0.15) is 5.10 Å². The first kappa shape index (κ1) is 21.1. The molecule has 1 aliphatic rings. The van der Waals surface area contributed by atoms with Crippen LogP contribution in [0.1, 0.15) is 5.56 Å². The summed E-state index contributed by atoms with van der Waals surface area (Å²) in [5, 5.41) is 15.0. The number of hydrazone groups is 1. The van der Waals surface area contributed by atoms with Crippen LogP contribution in [0.25, 0.3) is 0 Å². The second-order valence-corrected chi connectivity index (χ2v) is 6.36. The topological polar surface area (TPSA) is 116 Å². The highest BCUT2D eigenvalue weighted by atomic mass is 16.6. The van der Waals surface area contributed by atoms with E-state index < -0.39 is 10.8 Å². The largest absolute Gasteiger partial charge is 0.497 e. The number of non-ortho nitro benzene ring substituents is 1. The van der Waals surface area contributed by atoms with Gasteiger partial charge in [0, 0.05) is 36.5 Å². The molecule has 10 heteroatoms. The second kappa shape index (κ2) is 10.2. The highest BCUT2D eigenvalue weighted by Gasteiger charge is 2.17. The molecular formula is C20H22N4O6. The summed E-state index contributed by atoms with van der Waals surface area (Å²) in [7, 11) is 1.56. The van der Waals surface area contributed by atoms with Crippen LogP contribution in [0.15, 0.2) is 47.6 Å². The first-order chi connectivity index (χ1) is 14.6.